The average Bonchev–Trinajstić information content (AvgIpc) is 2.58. The van der Waals surface area contributed by atoms with Crippen molar-refractivity contribution in [3.63, 3.8) is 0 Å². The smallest absolute Gasteiger partial charge is 0.116 e. The maximum atomic E-state index is 6.05. The fraction of sp³-hybridized carbons (Fsp3) is 1.00. The summed E-state index contributed by atoms with van der Waals surface area (Å²) in [6.45, 7) is 11.1. The molecular weight excluding hydrogens is 200 g/mol. The lowest BCUT2D eigenvalue weighted by molar-refractivity contribution is -0.136. The minimum atomic E-state index is -0.0919. The predicted octanol–water partition coefficient (Wildman–Crippen LogP) is 1.69. The quantitative estimate of drug-likeness (QED) is 0.775. The second-order valence-electron chi connectivity index (χ2n) is 6.66. The first-order valence-electron chi connectivity index (χ1n) is 6.46. The highest BCUT2D eigenvalue weighted by atomic mass is 16.5. The van der Waals surface area contributed by atoms with Gasteiger partial charge in [-0.15, -0.1) is 0 Å². The number of hydrogen-bond donors (Lipinski definition) is 1. The lowest BCUT2D eigenvalue weighted by Gasteiger charge is -2.43. The second-order valence-corrected chi connectivity index (χ2v) is 6.66. The van der Waals surface area contributed by atoms with Crippen LogP contribution in [0.25, 0.3) is 0 Å². The van der Waals surface area contributed by atoms with Gasteiger partial charge in [0.1, 0.15) is 5.72 Å². The largest absolute Gasteiger partial charge is 0.360 e. The van der Waals surface area contributed by atoms with E-state index in [-0.39, 0.29) is 11.1 Å². The molecular formula is C13H26N2O. The van der Waals surface area contributed by atoms with Crippen molar-refractivity contribution in [3.8, 4) is 0 Å². The number of nitrogens with zero attached hydrogens (tertiary/aromatic N) is 1. The van der Waals surface area contributed by atoms with Crippen LogP contribution < -0.4 is 5.32 Å². The van der Waals surface area contributed by atoms with Crippen molar-refractivity contribution in [1.29, 1.82) is 0 Å². The van der Waals surface area contributed by atoms with Crippen molar-refractivity contribution in [1.82, 2.24) is 10.2 Å². The van der Waals surface area contributed by atoms with Crippen molar-refractivity contribution < 1.29 is 4.74 Å². The summed E-state index contributed by atoms with van der Waals surface area (Å²) in [4.78, 5) is 2.42. The standard InChI is InChI=1S/C13H26N2O/c1-12(2)9-14-13(3,16-10-12)7-11-5-6-15(4)8-11/h11,14H,5-10H2,1-4H3. The molecule has 2 saturated heterocycles. The van der Waals surface area contributed by atoms with Crippen LogP contribution in [0.4, 0.5) is 0 Å². The summed E-state index contributed by atoms with van der Waals surface area (Å²) in [6.07, 6.45) is 2.47. The molecule has 2 fully saturated rings. The molecule has 0 aromatic rings. The Morgan fingerprint density at radius 3 is 2.62 bits per heavy atom. The molecule has 16 heavy (non-hydrogen) atoms. The molecule has 2 unspecified atom stereocenters. The van der Waals surface area contributed by atoms with Crippen LogP contribution in [0.1, 0.15) is 33.6 Å². The number of nitrogens with one attached hydrogen (secondary N) is 1. The van der Waals surface area contributed by atoms with Gasteiger partial charge in [-0.05, 0) is 39.3 Å². The van der Waals surface area contributed by atoms with Gasteiger partial charge in [-0.3, -0.25) is 5.32 Å². The maximum absolute atomic E-state index is 6.05. The lowest BCUT2D eigenvalue weighted by atomic mass is 9.89. The summed E-state index contributed by atoms with van der Waals surface area (Å²) >= 11 is 0. The van der Waals surface area contributed by atoms with E-state index in [1.54, 1.807) is 0 Å². The van der Waals surface area contributed by atoms with E-state index in [9.17, 15) is 0 Å². The molecule has 0 bridgehead atoms. The number of likely N-dealkylation sites (tertiary alicyclic amines) is 1. The van der Waals surface area contributed by atoms with E-state index in [0.717, 1.165) is 25.5 Å². The molecule has 2 heterocycles. The summed E-state index contributed by atoms with van der Waals surface area (Å²) in [5.41, 5.74) is 0.192. The second kappa shape index (κ2) is 4.28. The fourth-order valence-corrected chi connectivity index (χ4v) is 2.76. The zero-order chi connectivity index (χ0) is 11.8. The highest BCUT2D eigenvalue weighted by molar-refractivity contribution is 4.88. The van der Waals surface area contributed by atoms with Gasteiger partial charge in [0.25, 0.3) is 0 Å². The van der Waals surface area contributed by atoms with Crippen molar-refractivity contribution in [2.75, 3.05) is 33.3 Å². The molecule has 1 N–H and O–H groups in total. The molecule has 0 spiro atoms. The summed E-state index contributed by atoms with van der Waals surface area (Å²) in [5.74, 6) is 0.795. The van der Waals surface area contributed by atoms with E-state index in [1.807, 2.05) is 0 Å². The third-order valence-electron chi connectivity index (χ3n) is 3.89. The van der Waals surface area contributed by atoms with Gasteiger partial charge in [0, 0.05) is 18.5 Å². The van der Waals surface area contributed by atoms with Crippen molar-refractivity contribution >= 4 is 0 Å². The zero-order valence-electron chi connectivity index (χ0n) is 11.2. The van der Waals surface area contributed by atoms with E-state index in [4.69, 9.17) is 4.74 Å². The van der Waals surface area contributed by atoms with Crippen LogP contribution in [-0.2, 0) is 4.74 Å². The molecule has 2 aliphatic heterocycles. The molecule has 0 radical (unpaired) electrons. The molecule has 0 saturated carbocycles. The van der Waals surface area contributed by atoms with Crippen LogP contribution in [0.15, 0.2) is 0 Å². The van der Waals surface area contributed by atoms with Crippen LogP contribution in [-0.4, -0.2) is 43.9 Å². The Kier molecular flexibility index (Phi) is 3.30. The van der Waals surface area contributed by atoms with Crippen LogP contribution in [0.3, 0.4) is 0 Å². The maximum Gasteiger partial charge on any atom is 0.116 e. The van der Waals surface area contributed by atoms with Gasteiger partial charge in [-0.25, -0.2) is 0 Å². The monoisotopic (exact) mass is 226 g/mol. The minimum absolute atomic E-state index is 0.0919. The molecule has 0 aromatic carbocycles. The third-order valence-corrected chi connectivity index (χ3v) is 3.89. The van der Waals surface area contributed by atoms with Gasteiger partial charge >= 0.3 is 0 Å². The normalized spacial score (nSPS) is 40.1. The summed E-state index contributed by atoms with van der Waals surface area (Å²) in [5, 5.41) is 3.59. The Bertz CT molecular complexity index is 242. The molecule has 2 rings (SSSR count). The van der Waals surface area contributed by atoms with Crippen molar-refractivity contribution in [3.05, 3.63) is 0 Å². The molecule has 3 nitrogen and oxygen atoms in total. The number of rotatable bonds is 2. The Morgan fingerprint density at radius 1 is 1.38 bits per heavy atom. The molecule has 0 amide bonds. The Morgan fingerprint density at radius 2 is 2.12 bits per heavy atom. The summed E-state index contributed by atoms with van der Waals surface area (Å²) < 4.78 is 6.05. The first-order valence-corrected chi connectivity index (χ1v) is 6.46. The first kappa shape index (κ1) is 12.3. The first-order chi connectivity index (χ1) is 7.39. The van der Waals surface area contributed by atoms with E-state index >= 15 is 0 Å². The number of ether oxygens (including phenoxy) is 1. The van der Waals surface area contributed by atoms with Crippen LogP contribution in [0.2, 0.25) is 0 Å². The van der Waals surface area contributed by atoms with E-state index in [0.29, 0.717) is 0 Å². The van der Waals surface area contributed by atoms with E-state index < -0.39 is 0 Å². The van der Waals surface area contributed by atoms with Crippen molar-refractivity contribution in [2.24, 2.45) is 11.3 Å². The number of hydrogen-bond acceptors (Lipinski definition) is 3. The third kappa shape index (κ3) is 2.96. The molecule has 0 aliphatic carbocycles. The van der Waals surface area contributed by atoms with Crippen LogP contribution in [0, 0.1) is 11.3 Å². The zero-order valence-corrected chi connectivity index (χ0v) is 11.2. The molecule has 2 aliphatic rings. The predicted molar refractivity (Wildman–Crippen MR) is 66.4 cm³/mol. The average molecular weight is 226 g/mol. The Hall–Kier alpha value is -0.120. The topological polar surface area (TPSA) is 24.5 Å². The summed E-state index contributed by atoms with van der Waals surface area (Å²) in [6, 6.07) is 0. The highest BCUT2D eigenvalue weighted by Crippen LogP contribution is 2.31. The van der Waals surface area contributed by atoms with E-state index in [2.05, 4.69) is 38.0 Å². The van der Waals surface area contributed by atoms with Gasteiger partial charge in [0.2, 0.25) is 0 Å². The highest BCUT2D eigenvalue weighted by Gasteiger charge is 2.37. The minimum Gasteiger partial charge on any atom is -0.360 e. The molecule has 94 valence electrons. The van der Waals surface area contributed by atoms with Gasteiger partial charge < -0.3 is 9.64 Å². The van der Waals surface area contributed by atoms with Gasteiger partial charge in [0.15, 0.2) is 0 Å². The SMILES string of the molecule is CN1CCC(CC2(C)NCC(C)(C)CO2)C1. The van der Waals surface area contributed by atoms with Gasteiger partial charge in [-0.2, -0.15) is 0 Å². The Labute approximate surface area is 99.5 Å². The molecule has 2 atom stereocenters. The fourth-order valence-electron chi connectivity index (χ4n) is 2.76. The molecule has 3 heteroatoms. The Balaban J connectivity index is 1.85. The van der Waals surface area contributed by atoms with Gasteiger partial charge in [0.05, 0.1) is 6.61 Å². The lowest BCUT2D eigenvalue weighted by Crippen LogP contribution is -2.56. The van der Waals surface area contributed by atoms with Gasteiger partial charge in [-0.1, -0.05) is 13.8 Å². The summed E-state index contributed by atoms with van der Waals surface area (Å²) in [7, 11) is 2.21. The molecule has 0 aromatic heterocycles. The van der Waals surface area contributed by atoms with Crippen LogP contribution in [0.5, 0.6) is 0 Å². The van der Waals surface area contributed by atoms with Crippen molar-refractivity contribution in [2.45, 2.75) is 39.3 Å². The van der Waals surface area contributed by atoms with Crippen LogP contribution >= 0.6 is 0 Å². The van der Waals surface area contributed by atoms with E-state index in [1.165, 1.54) is 19.5 Å².